The van der Waals surface area contributed by atoms with Crippen molar-refractivity contribution in [1.82, 2.24) is 24.6 Å². The van der Waals surface area contributed by atoms with Crippen LogP contribution in [0.4, 0.5) is 24.9 Å². The fraction of sp³-hybridized carbons (Fsp3) is 0.522. The second kappa shape index (κ2) is 7.77. The molecule has 3 fully saturated rings. The van der Waals surface area contributed by atoms with Crippen molar-refractivity contribution < 1.29 is 23.4 Å². The van der Waals surface area contributed by atoms with Crippen LogP contribution in [-0.4, -0.2) is 84.8 Å². The number of aliphatic hydroxyl groups excluding tert-OH is 1. The van der Waals surface area contributed by atoms with E-state index in [-0.39, 0.29) is 17.8 Å². The first-order chi connectivity index (χ1) is 16.6. The Morgan fingerprint density at radius 3 is 2.54 bits per heavy atom. The summed E-state index contributed by atoms with van der Waals surface area (Å²) in [6.07, 6.45) is -2.06. The highest BCUT2D eigenvalue weighted by atomic mass is 19.4. The number of hydrogen-bond donors (Lipinski definition) is 3. The van der Waals surface area contributed by atoms with Crippen molar-refractivity contribution in [2.45, 2.75) is 49.7 Å². The first-order valence-electron chi connectivity index (χ1n) is 11.7. The number of nitrogens with zero attached hydrogens (tertiary/aromatic N) is 6. The van der Waals surface area contributed by atoms with E-state index in [0.29, 0.717) is 54.8 Å². The maximum atomic E-state index is 13.3. The van der Waals surface area contributed by atoms with Crippen molar-refractivity contribution in [2.24, 2.45) is 0 Å². The second-order valence-electron chi connectivity index (χ2n) is 10.1. The summed E-state index contributed by atoms with van der Waals surface area (Å²) >= 11 is 0. The number of halogens is 3. The van der Waals surface area contributed by atoms with Gasteiger partial charge in [-0.2, -0.15) is 28.2 Å². The summed E-state index contributed by atoms with van der Waals surface area (Å²) in [4.78, 5) is 13.6. The predicted octanol–water partition coefficient (Wildman–Crippen LogP) is 2.02. The van der Waals surface area contributed by atoms with Gasteiger partial charge in [0.15, 0.2) is 5.65 Å². The average molecular weight is 490 g/mol. The minimum atomic E-state index is -4.47. The van der Waals surface area contributed by atoms with Crippen LogP contribution in [0.1, 0.15) is 25.3 Å². The van der Waals surface area contributed by atoms with Crippen molar-refractivity contribution in [3.8, 4) is 5.69 Å². The Hall–Kier alpha value is -2.96. The van der Waals surface area contributed by atoms with Crippen LogP contribution in [0.25, 0.3) is 16.7 Å². The van der Waals surface area contributed by atoms with Crippen LogP contribution < -0.4 is 10.2 Å². The molecule has 1 aromatic carbocycles. The molecule has 0 bridgehead atoms. The number of aliphatic hydroxyl groups is 2. The molecule has 0 atom stereocenters. The molecule has 12 heteroatoms. The molecule has 3 aromatic rings. The monoisotopic (exact) mass is 489 g/mol. The van der Waals surface area contributed by atoms with Gasteiger partial charge in [0, 0.05) is 38.3 Å². The summed E-state index contributed by atoms with van der Waals surface area (Å²) in [5, 5.41) is 27.9. The summed E-state index contributed by atoms with van der Waals surface area (Å²) in [5.41, 5.74) is -0.731. The van der Waals surface area contributed by atoms with Gasteiger partial charge in [0.1, 0.15) is 5.82 Å². The Kier molecular flexibility index (Phi) is 5.00. The molecule has 3 aliphatic rings. The van der Waals surface area contributed by atoms with Gasteiger partial charge in [0.2, 0.25) is 5.95 Å². The van der Waals surface area contributed by atoms with E-state index < -0.39 is 17.3 Å². The number of alkyl halides is 3. The minimum Gasteiger partial charge on any atom is -0.393 e. The molecule has 0 spiro atoms. The van der Waals surface area contributed by atoms with Crippen LogP contribution in [0.15, 0.2) is 30.5 Å². The van der Waals surface area contributed by atoms with E-state index in [9.17, 15) is 23.4 Å². The number of likely N-dealkylation sites (tertiary alicyclic amines) is 1. The second-order valence-corrected chi connectivity index (χ2v) is 10.1. The van der Waals surface area contributed by atoms with E-state index in [1.54, 1.807) is 12.3 Å². The molecule has 3 N–H and O–H groups in total. The fourth-order valence-corrected chi connectivity index (χ4v) is 5.04. The van der Waals surface area contributed by atoms with Crippen molar-refractivity contribution in [3.05, 3.63) is 36.0 Å². The van der Waals surface area contributed by atoms with Crippen LogP contribution in [0.3, 0.4) is 0 Å². The van der Waals surface area contributed by atoms with Gasteiger partial charge in [0.05, 0.1) is 34.5 Å². The zero-order chi connectivity index (χ0) is 24.5. The molecule has 9 nitrogen and oxygen atoms in total. The first-order valence-corrected chi connectivity index (χ1v) is 11.7. The van der Waals surface area contributed by atoms with Gasteiger partial charge in [-0.05, 0) is 38.0 Å². The Labute approximate surface area is 199 Å². The van der Waals surface area contributed by atoms with E-state index in [0.717, 1.165) is 25.2 Å². The summed E-state index contributed by atoms with van der Waals surface area (Å²) in [5.74, 6) is 1.02. The Morgan fingerprint density at radius 2 is 1.89 bits per heavy atom. The molecule has 2 aromatic heterocycles. The molecule has 2 aliphatic heterocycles. The lowest BCUT2D eigenvalue weighted by Crippen LogP contribution is -2.70. The lowest BCUT2D eigenvalue weighted by molar-refractivity contribution is -0.137. The van der Waals surface area contributed by atoms with Crippen molar-refractivity contribution in [3.63, 3.8) is 0 Å². The van der Waals surface area contributed by atoms with Gasteiger partial charge in [-0.1, -0.05) is 6.07 Å². The van der Waals surface area contributed by atoms with E-state index in [2.05, 4.69) is 25.2 Å². The summed E-state index contributed by atoms with van der Waals surface area (Å²) in [6, 6.07) is 5.33. The predicted molar refractivity (Wildman–Crippen MR) is 123 cm³/mol. The highest BCUT2D eigenvalue weighted by Crippen LogP contribution is 2.35. The summed E-state index contributed by atoms with van der Waals surface area (Å²) in [7, 11) is 0. The van der Waals surface area contributed by atoms with Gasteiger partial charge in [-0.15, -0.1) is 0 Å². The fourth-order valence-electron chi connectivity index (χ4n) is 5.04. The lowest BCUT2D eigenvalue weighted by atomic mass is 9.90. The summed E-state index contributed by atoms with van der Waals surface area (Å²) in [6.45, 7) is 4.53. The molecule has 4 heterocycles. The highest BCUT2D eigenvalue weighted by molar-refractivity contribution is 5.89. The average Bonchev–Trinajstić information content (AvgIpc) is 3.14. The van der Waals surface area contributed by atoms with E-state index in [4.69, 9.17) is 4.98 Å². The molecule has 6 rings (SSSR count). The summed E-state index contributed by atoms with van der Waals surface area (Å²) < 4.78 is 41.3. The number of rotatable bonds is 5. The van der Waals surface area contributed by atoms with E-state index >= 15 is 0 Å². The number of aromatic nitrogens is 4. The number of anilines is 2. The number of hydrogen-bond acceptors (Lipinski definition) is 8. The van der Waals surface area contributed by atoms with Gasteiger partial charge in [0.25, 0.3) is 0 Å². The molecule has 0 amide bonds. The van der Waals surface area contributed by atoms with Crippen LogP contribution >= 0.6 is 0 Å². The third-order valence-electron chi connectivity index (χ3n) is 7.04. The van der Waals surface area contributed by atoms with Gasteiger partial charge >= 0.3 is 6.18 Å². The Bertz CT molecular complexity index is 1260. The molecule has 35 heavy (non-hydrogen) atoms. The highest BCUT2D eigenvalue weighted by Gasteiger charge is 2.45. The molecular formula is C23H26F3N7O2. The van der Waals surface area contributed by atoms with Crippen molar-refractivity contribution in [1.29, 1.82) is 0 Å². The molecule has 0 radical (unpaired) electrons. The first kappa shape index (κ1) is 22.5. The molecule has 1 saturated carbocycles. The Morgan fingerprint density at radius 1 is 1.14 bits per heavy atom. The van der Waals surface area contributed by atoms with E-state index in [1.165, 1.54) is 10.7 Å². The quantitative estimate of drug-likeness (QED) is 0.501. The molecular weight excluding hydrogens is 463 g/mol. The number of fused-ring (bicyclic) bond motifs is 1. The minimum absolute atomic E-state index is 0.0349. The smallest absolute Gasteiger partial charge is 0.393 e. The largest absolute Gasteiger partial charge is 0.416 e. The van der Waals surface area contributed by atoms with Gasteiger partial charge in [-0.3, -0.25) is 4.90 Å². The van der Waals surface area contributed by atoms with Crippen molar-refractivity contribution >= 4 is 22.8 Å². The maximum absolute atomic E-state index is 13.3. The zero-order valence-electron chi connectivity index (χ0n) is 19.1. The van der Waals surface area contributed by atoms with Gasteiger partial charge in [-0.25, -0.2) is 4.68 Å². The topological polar surface area (TPSA) is 103 Å². The third kappa shape index (κ3) is 4.09. The molecule has 2 saturated heterocycles. The van der Waals surface area contributed by atoms with Crippen LogP contribution in [0.5, 0.6) is 0 Å². The Balaban J connectivity index is 1.34. The van der Waals surface area contributed by atoms with Crippen molar-refractivity contribution in [2.75, 3.05) is 36.4 Å². The molecule has 186 valence electrons. The van der Waals surface area contributed by atoms with Crippen LogP contribution in [-0.2, 0) is 6.18 Å². The van der Waals surface area contributed by atoms with Gasteiger partial charge < -0.3 is 20.4 Å². The number of β-amino-alcohol motifs (C(OH)–C–C–N with tert-alkyl or cyclic N) is 1. The number of benzene rings is 1. The maximum Gasteiger partial charge on any atom is 0.416 e. The normalized spacial score (nSPS) is 24.7. The third-order valence-corrected chi connectivity index (χ3v) is 7.04. The zero-order valence-corrected chi connectivity index (χ0v) is 19.1. The van der Waals surface area contributed by atoms with E-state index in [1.807, 2.05) is 6.92 Å². The van der Waals surface area contributed by atoms with Crippen LogP contribution in [0.2, 0.25) is 0 Å². The molecule has 0 unspecified atom stereocenters. The SMILES string of the molecule is CC1(O)CN(C2CN(c3nc(N[C@H]4C[C@@H](O)C4)nc4c3cnn4-c3cccc(C(F)(F)F)c3)C2)C1. The van der Waals surface area contributed by atoms with Crippen LogP contribution in [0, 0.1) is 0 Å². The standard InChI is InChI=1S/C23H26F3N7O2/c1-22(35)11-32(12-22)16-9-31(10-16)19-18-8-27-33(15-4-2-3-13(5-15)23(24,25)26)20(18)30-21(29-19)28-14-6-17(34)7-14/h2-5,8,14,16-17,34-35H,6-7,9-12H2,1H3,(H,28,29,30)/t14-,17+. The lowest BCUT2D eigenvalue weighted by Gasteiger charge is -2.54. The number of nitrogens with one attached hydrogen (secondary N) is 1. The molecule has 1 aliphatic carbocycles.